The van der Waals surface area contributed by atoms with Gasteiger partial charge in [-0.2, -0.15) is 5.10 Å². The van der Waals surface area contributed by atoms with Gasteiger partial charge in [0.1, 0.15) is 0 Å². The number of benzene rings is 1. The number of hydrazone groups is 1. The number of nitrogens with zero attached hydrogens (tertiary/aromatic N) is 2. The van der Waals surface area contributed by atoms with Crippen molar-refractivity contribution in [2.45, 2.75) is 33.1 Å². The van der Waals surface area contributed by atoms with Crippen molar-refractivity contribution >= 4 is 12.2 Å². The maximum atomic E-state index is 12.1. The number of aryl methyl sites for hydroxylation is 1. The molecule has 0 aliphatic carbocycles. The minimum absolute atomic E-state index is 0.121. The second kappa shape index (κ2) is 8.86. The fraction of sp³-hybridized carbons (Fsp3) is 0.389. The van der Waals surface area contributed by atoms with E-state index in [1.807, 2.05) is 13.0 Å². The van der Waals surface area contributed by atoms with Crippen molar-refractivity contribution in [2.75, 3.05) is 19.6 Å². The van der Waals surface area contributed by atoms with Gasteiger partial charge in [-0.3, -0.25) is 9.78 Å². The molecular weight excluding hydrogens is 320 g/mol. The molecule has 7 nitrogen and oxygen atoms in total. The molecule has 0 fully saturated rings. The Morgan fingerprint density at radius 2 is 2.04 bits per heavy atom. The van der Waals surface area contributed by atoms with E-state index in [0.717, 1.165) is 36.1 Å². The smallest absolute Gasteiger partial charge is 0.255 e. The minimum atomic E-state index is -0.121. The maximum Gasteiger partial charge on any atom is 0.255 e. The predicted molar refractivity (Wildman–Crippen MR) is 99.0 cm³/mol. The number of hydrogen-bond acceptors (Lipinski definition) is 6. The highest BCUT2D eigenvalue weighted by atomic mass is 16.5. The van der Waals surface area contributed by atoms with Crippen LogP contribution in [0.2, 0.25) is 0 Å². The van der Waals surface area contributed by atoms with E-state index >= 15 is 0 Å². The van der Waals surface area contributed by atoms with E-state index in [1.54, 1.807) is 32.6 Å². The van der Waals surface area contributed by atoms with Crippen LogP contribution in [0.25, 0.3) is 0 Å². The van der Waals surface area contributed by atoms with Crippen LogP contribution in [0, 0.1) is 6.92 Å². The molecule has 0 unspecified atom stereocenters. The summed E-state index contributed by atoms with van der Waals surface area (Å²) in [5, 5.41) is 4.11. The van der Waals surface area contributed by atoms with Crippen LogP contribution in [0.3, 0.4) is 0 Å². The third kappa shape index (κ3) is 4.82. The Balaban J connectivity index is 2.10. The summed E-state index contributed by atoms with van der Waals surface area (Å²) in [6.07, 6.45) is 4.35. The number of methoxy groups -OCH3 is 2. The molecule has 0 spiro atoms. The molecule has 7 heteroatoms. The molecule has 0 atom stereocenters. The fourth-order valence-electron chi connectivity index (χ4n) is 2.41. The van der Waals surface area contributed by atoms with Gasteiger partial charge < -0.3 is 9.47 Å². The van der Waals surface area contributed by atoms with E-state index < -0.39 is 0 Å². The number of H-pyrrole nitrogens is 1. The Morgan fingerprint density at radius 1 is 1.28 bits per heavy atom. The first kappa shape index (κ1) is 18.5. The average molecular weight is 344 g/mol. The van der Waals surface area contributed by atoms with E-state index in [4.69, 9.17) is 9.47 Å². The highest BCUT2D eigenvalue weighted by Gasteiger charge is 2.07. The van der Waals surface area contributed by atoms with Crippen LogP contribution >= 0.6 is 0 Å². The molecule has 0 saturated carbocycles. The van der Waals surface area contributed by atoms with Gasteiger partial charge in [-0.1, -0.05) is 13.3 Å². The molecular formula is C18H24N4O3. The fourth-order valence-corrected chi connectivity index (χ4v) is 2.41. The number of rotatable bonds is 8. The number of hydrogen-bond donors (Lipinski definition) is 2. The largest absolute Gasteiger partial charge is 0.493 e. The lowest BCUT2D eigenvalue weighted by atomic mass is 10.1. The lowest BCUT2D eigenvalue weighted by Gasteiger charge is -2.08. The van der Waals surface area contributed by atoms with Crippen LogP contribution < -0.4 is 20.5 Å². The van der Waals surface area contributed by atoms with Crippen LogP contribution in [0.1, 0.15) is 36.6 Å². The van der Waals surface area contributed by atoms with Crippen molar-refractivity contribution < 1.29 is 9.47 Å². The molecule has 0 aliphatic rings. The Morgan fingerprint density at radius 3 is 2.68 bits per heavy atom. The van der Waals surface area contributed by atoms with Crippen LogP contribution in [-0.2, 0) is 6.42 Å². The van der Waals surface area contributed by atoms with Crippen molar-refractivity contribution in [1.82, 2.24) is 9.97 Å². The van der Waals surface area contributed by atoms with Gasteiger partial charge in [0.15, 0.2) is 11.5 Å². The van der Waals surface area contributed by atoms with Crippen molar-refractivity contribution in [3.63, 3.8) is 0 Å². The van der Waals surface area contributed by atoms with E-state index in [9.17, 15) is 4.79 Å². The summed E-state index contributed by atoms with van der Waals surface area (Å²) >= 11 is 0. The molecule has 1 aromatic carbocycles. The first-order valence-corrected chi connectivity index (χ1v) is 8.20. The summed E-state index contributed by atoms with van der Waals surface area (Å²) < 4.78 is 10.4. The van der Waals surface area contributed by atoms with Crippen LogP contribution in [0.5, 0.6) is 11.5 Å². The van der Waals surface area contributed by atoms with Gasteiger partial charge in [0.2, 0.25) is 5.95 Å². The quantitative estimate of drug-likeness (QED) is 0.568. The standard InChI is InChI=1S/C18H24N4O3/c1-5-6-7-14-12(2)20-18(21-17(14)23)22-19-11-13-8-9-15(24-3)16(10-13)25-4/h8-11H,5-7H2,1-4H3,(H2,20,21,22,23)/b19-11-. The highest BCUT2D eigenvalue weighted by molar-refractivity contribution is 5.81. The first-order valence-electron chi connectivity index (χ1n) is 8.20. The van der Waals surface area contributed by atoms with Crippen molar-refractivity contribution in [3.05, 3.63) is 45.4 Å². The minimum Gasteiger partial charge on any atom is -0.493 e. The Bertz CT molecular complexity index is 799. The number of nitrogens with one attached hydrogen (secondary N) is 2. The number of unbranched alkanes of at least 4 members (excludes halogenated alkanes) is 1. The molecule has 2 aromatic rings. The topological polar surface area (TPSA) is 88.6 Å². The number of aromatic nitrogens is 2. The lowest BCUT2D eigenvalue weighted by Crippen LogP contribution is -2.18. The molecule has 1 aromatic heterocycles. The highest BCUT2D eigenvalue weighted by Crippen LogP contribution is 2.26. The van der Waals surface area contributed by atoms with Gasteiger partial charge >= 0.3 is 0 Å². The van der Waals surface area contributed by atoms with Gasteiger partial charge in [0.25, 0.3) is 5.56 Å². The summed E-state index contributed by atoms with van der Waals surface area (Å²) in [5.74, 6) is 1.59. The summed E-state index contributed by atoms with van der Waals surface area (Å²) in [4.78, 5) is 19.2. The number of anilines is 1. The van der Waals surface area contributed by atoms with Crippen molar-refractivity contribution in [3.8, 4) is 11.5 Å². The predicted octanol–water partition coefficient (Wildman–Crippen LogP) is 2.88. The molecule has 0 bridgehead atoms. The number of aromatic amines is 1. The molecule has 25 heavy (non-hydrogen) atoms. The van der Waals surface area contributed by atoms with E-state index in [1.165, 1.54) is 0 Å². The van der Waals surface area contributed by atoms with Gasteiger partial charge in [-0.25, -0.2) is 10.4 Å². The van der Waals surface area contributed by atoms with Crippen molar-refractivity contribution in [1.29, 1.82) is 0 Å². The van der Waals surface area contributed by atoms with Gasteiger partial charge in [0, 0.05) is 11.3 Å². The van der Waals surface area contributed by atoms with Crippen LogP contribution in [0.15, 0.2) is 28.1 Å². The van der Waals surface area contributed by atoms with Gasteiger partial charge in [-0.15, -0.1) is 0 Å². The number of ether oxygens (including phenoxy) is 2. The van der Waals surface area contributed by atoms with E-state index in [-0.39, 0.29) is 5.56 Å². The van der Waals surface area contributed by atoms with E-state index in [0.29, 0.717) is 17.4 Å². The van der Waals surface area contributed by atoms with Gasteiger partial charge in [-0.05, 0) is 43.5 Å². The third-order valence-corrected chi connectivity index (χ3v) is 3.79. The second-order valence-electron chi connectivity index (χ2n) is 5.57. The third-order valence-electron chi connectivity index (χ3n) is 3.79. The Kier molecular flexibility index (Phi) is 6.56. The zero-order valence-corrected chi connectivity index (χ0v) is 15.0. The van der Waals surface area contributed by atoms with Crippen LogP contribution in [-0.4, -0.2) is 30.4 Å². The monoisotopic (exact) mass is 344 g/mol. The molecule has 2 rings (SSSR count). The molecule has 2 N–H and O–H groups in total. The average Bonchev–Trinajstić information content (AvgIpc) is 2.61. The molecule has 134 valence electrons. The lowest BCUT2D eigenvalue weighted by molar-refractivity contribution is 0.355. The van der Waals surface area contributed by atoms with Crippen LogP contribution in [0.4, 0.5) is 5.95 Å². The SMILES string of the molecule is CCCCc1c(C)nc(N/N=C\c2ccc(OC)c(OC)c2)[nH]c1=O. The zero-order valence-electron chi connectivity index (χ0n) is 15.0. The zero-order chi connectivity index (χ0) is 18.2. The Labute approximate surface area is 147 Å². The molecule has 1 heterocycles. The van der Waals surface area contributed by atoms with Gasteiger partial charge in [0.05, 0.1) is 20.4 Å². The Hall–Kier alpha value is -2.83. The molecule has 0 saturated heterocycles. The molecule has 0 aliphatic heterocycles. The second-order valence-corrected chi connectivity index (χ2v) is 5.57. The maximum absolute atomic E-state index is 12.1. The summed E-state index contributed by atoms with van der Waals surface area (Å²) in [6, 6.07) is 5.45. The summed E-state index contributed by atoms with van der Waals surface area (Å²) in [7, 11) is 3.16. The normalized spacial score (nSPS) is 10.9. The molecule has 0 radical (unpaired) electrons. The van der Waals surface area contributed by atoms with Crippen molar-refractivity contribution in [2.24, 2.45) is 5.10 Å². The summed E-state index contributed by atoms with van der Waals surface area (Å²) in [5.41, 5.74) is 4.91. The van der Waals surface area contributed by atoms with E-state index in [2.05, 4.69) is 27.4 Å². The summed E-state index contributed by atoms with van der Waals surface area (Å²) in [6.45, 7) is 3.93. The first-order chi connectivity index (χ1) is 12.1. The molecule has 0 amide bonds.